The summed E-state index contributed by atoms with van der Waals surface area (Å²) in [5.41, 5.74) is 4.78. The zero-order valence-corrected chi connectivity index (χ0v) is 13.3. The molecule has 0 saturated carbocycles. The average Bonchev–Trinajstić information content (AvgIpc) is 3.01. The highest BCUT2D eigenvalue weighted by Gasteiger charge is 2.16. The van der Waals surface area contributed by atoms with Gasteiger partial charge in [0.1, 0.15) is 0 Å². The Morgan fingerprint density at radius 2 is 1.65 bits per heavy atom. The Morgan fingerprint density at radius 1 is 0.957 bits per heavy atom. The molecule has 0 saturated heterocycles. The van der Waals surface area contributed by atoms with Gasteiger partial charge in [-0.05, 0) is 44.5 Å². The largest absolute Gasteiger partial charge is 0.412 e. The molecule has 5 heteroatoms. The monoisotopic (exact) mass is 307 g/mol. The Labute approximate surface area is 134 Å². The molecule has 0 fully saturated rings. The minimum atomic E-state index is -0.414. The maximum Gasteiger partial charge on any atom is 0.313 e. The highest BCUT2D eigenvalue weighted by Crippen LogP contribution is 2.20. The fraction of sp³-hybridized carbons (Fsp3) is 0.167. The van der Waals surface area contributed by atoms with Gasteiger partial charge in [-0.1, -0.05) is 35.4 Å². The number of nitrogens with one attached hydrogen (secondary N) is 1. The van der Waals surface area contributed by atoms with Crippen LogP contribution in [-0.2, 0) is 0 Å². The van der Waals surface area contributed by atoms with E-state index < -0.39 is 5.91 Å². The molecule has 3 rings (SSSR count). The molecule has 0 spiro atoms. The molecule has 116 valence electrons. The van der Waals surface area contributed by atoms with Crippen LogP contribution in [0.4, 0.5) is 5.69 Å². The average molecular weight is 307 g/mol. The fourth-order valence-electron chi connectivity index (χ4n) is 2.26. The number of amides is 1. The van der Waals surface area contributed by atoms with Crippen molar-refractivity contribution in [3.63, 3.8) is 0 Å². The van der Waals surface area contributed by atoms with Gasteiger partial charge in [-0.2, -0.15) is 0 Å². The highest BCUT2D eigenvalue weighted by molar-refractivity contribution is 6.01. The van der Waals surface area contributed by atoms with Crippen LogP contribution in [0.3, 0.4) is 0 Å². The number of rotatable bonds is 3. The predicted octanol–water partition coefficient (Wildman–Crippen LogP) is 3.91. The van der Waals surface area contributed by atoms with Crippen LogP contribution in [0.2, 0.25) is 0 Å². The molecule has 5 nitrogen and oxygen atoms in total. The summed E-state index contributed by atoms with van der Waals surface area (Å²) in [4.78, 5) is 12.2. The molecular formula is C18H17N3O2. The van der Waals surface area contributed by atoms with E-state index in [-0.39, 0.29) is 5.89 Å². The van der Waals surface area contributed by atoms with E-state index in [9.17, 15) is 4.79 Å². The van der Waals surface area contributed by atoms with Gasteiger partial charge in [0, 0.05) is 11.3 Å². The number of carbonyl (C=O) groups is 1. The summed E-state index contributed by atoms with van der Waals surface area (Å²) in [6.45, 7) is 5.94. The van der Waals surface area contributed by atoms with E-state index in [4.69, 9.17) is 4.42 Å². The molecule has 1 N–H and O–H groups in total. The van der Waals surface area contributed by atoms with E-state index in [1.165, 1.54) is 0 Å². The van der Waals surface area contributed by atoms with Crippen LogP contribution < -0.4 is 5.32 Å². The van der Waals surface area contributed by atoms with Crippen LogP contribution in [0.15, 0.2) is 46.9 Å². The number of hydrogen-bond acceptors (Lipinski definition) is 4. The van der Waals surface area contributed by atoms with Crippen LogP contribution in [0.25, 0.3) is 11.5 Å². The summed E-state index contributed by atoms with van der Waals surface area (Å²) in [6, 6.07) is 13.5. The predicted molar refractivity (Wildman–Crippen MR) is 88.3 cm³/mol. The van der Waals surface area contributed by atoms with Crippen molar-refractivity contribution in [2.24, 2.45) is 0 Å². The molecule has 0 aliphatic carbocycles. The molecule has 0 atom stereocenters. The third kappa shape index (κ3) is 3.29. The first-order valence-electron chi connectivity index (χ1n) is 7.32. The Morgan fingerprint density at radius 3 is 2.35 bits per heavy atom. The second kappa shape index (κ2) is 6.04. The van der Waals surface area contributed by atoms with Gasteiger partial charge in [-0.25, -0.2) is 0 Å². The number of aryl methyl sites for hydroxylation is 3. The Bertz CT molecular complexity index is 851. The van der Waals surface area contributed by atoms with E-state index in [0.29, 0.717) is 5.89 Å². The first kappa shape index (κ1) is 15.0. The minimum absolute atomic E-state index is 0.0550. The molecule has 0 unspecified atom stereocenters. The zero-order chi connectivity index (χ0) is 16.4. The van der Waals surface area contributed by atoms with Crippen molar-refractivity contribution in [1.82, 2.24) is 10.2 Å². The van der Waals surface area contributed by atoms with Gasteiger partial charge in [0.15, 0.2) is 0 Å². The topological polar surface area (TPSA) is 68.0 Å². The summed E-state index contributed by atoms with van der Waals surface area (Å²) in [7, 11) is 0. The number of nitrogens with zero attached hydrogens (tertiary/aromatic N) is 2. The van der Waals surface area contributed by atoms with Crippen molar-refractivity contribution >= 4 is 11.6 Å². The normalized spacial score (nSPS) is 10.6. The van der Waals surface area contributed by atoms with E-state index in [2.05, 4.69) is 15.5 Å². The molecule has 2 aromatic carbocycles. The lowest BCUT2D eigenvalue weighted by Gasteiger charge is -2.06. The van der Waals surface area contributed by atoms with Gasteiger partial charge >= 0.3 is 11.8 Å². The van der Waals surface area contributed by atoms with Crippen LogP contribution in [0, 0.1) is 20.8 Å². The lowest BCUT2D eigenvalue weighted by atomic mass is 10.1. The van der Waals surface area contributed by atoms with Crippen LogP contribution in [0.5, 0.6) is 0 Å². The van der Waals surface area contributed by atoms with Gasteiger partial charge < -0.3 is 9.73 Å². The van der Waals surface area contributed by atoms with Crippen LogP contribution in [-0.4, -0.2) is 16.1 Å². The van der Waals surface area contributed by atoms with Gasteiger partial charge in [-0.15, -0.1) is 10.2 Å². The SMILES string of the molecule is Cc1ccc(-c2nnc(C(=O)Nc3ccc(C)cc3C)o2)cc1. The molecule has 0 bridgehead atoms. The first-order valence-corrected chi connectivity index (χ1v) is 7.32. The lowest BCUT2D eigenvalue weighted by Crippen LogP contribution is -2.13. The Hall–Kier alpha value is -2.95. The Balaban J connectivity index is 1.79. The summed E-state index contributed by atoms with van der Waals surface area (Å²) in [5.74, 6) is -0.140. The molecule has 0 aliphatic rings. The fourth-order valence-corrected chi connectivity index (χ4v) is 2.26. The number of carbonyl (C=O) groups excluding carboxylic acids is 1. The molecule has 23 heavy (non-hydrogen) atoms. The standard InChI is InChI=1S/C18H17N3O2/c1-11-4-7-14(8-5-11)17-20-21-18(23-17)16(22)19-15-9-6-12(2)10-13(15)3/h4-10H,1-3H3,(H,19,22). The quantitative estimate of drug-likeness (QED) is 0.796. The molecule has 0 aliphatic heterocycles. The van der Waals surface area contributed by atoms with Crippen LogP contribution in [0.1, 0.15) is 27.4 Å². The third-order valence-electron chi connectivity index (χ3n) is 3.55. The van der Waals surface area contributed by atoms with Crippen molar-refractivity contribution in [3.05, 3.63) is 65.0 Å². The lowest BCUT2D eigenvalue weighted by molar-refractivity contribution is 0.0990. The van der Waals surface area contributed by atoms with E-state index in [1.807, 2.05) is 63.2 Å². The molecular weight excluding hydrogens is 290 g/mol. The summed E-state index contributed by atoms with van der Waals surface area (Å²) in [5, 5.41) is 10.6. The van der Waals surface area contributed by atoms with E-state index in [0.717, 1.165) is 27.9 Å². The van der Waals surface area contributed by atoms with Gasteiger partial charge in [0.25, 0.3) is 0 Å². The minimum Gasteiger partial charge on any atom is -0.412 e. The first-order chi connectivity index (χ1) is 11.0. The molecule has 0 radical (unpaired) electrons. The maximum absolute atomic E-state index is 12.2. The second-order valence-electron chi connectivity index (χ2n) is 5.55. The van der Waals surface area contributed by atoms with Crippen molar-refractivity contribution in [3.8, 4) is 11.5 Å². The number of hydrogen-bond donors (Lipinski definition) is 1. The third-order valence-corrected chi connectivity index (χ3v) is 3.55. The number of benzene rings is 2. The molecule has 1 aromatic heterocycles. The van der Waals surface area contributed by atoms with Crippen molar-refractivity contribution < 1.29 is 9.21 Å². The number of anilines is 1. The van der Waals surface area contributed by atoms with Crippen molar-refractivity contribution in [2.45, 2.75) is 20.8 Å². The van der Waals surface area contributed by atoms with Crippen LogP contribution >= 0.6 is 0 Å². The molecule has 1 amide bonds. The maximum atomic E-state index is 12.2. The van der Waals surface area contributed by atoms with Crippen molar-refractivity contribution in [1.29, 1.82) is 0 Å². The molecule has 1 heterocycles. The zero-order valence-electron chi connectivity index (χ0n) is 13.3. The smallest absolute Gasteiger partial charge is 0.313 e. The second-order valence-corrected chi connectivity index (χ2v) is 5.55. The van der Waals surface area contributed by atoms with E-state index in [1.54, 1.807) is 0 Å². The van der Waals surface area contributed by atoms with Gasteiger partial charge in [-0.3, -0.25) is 4.79 Å². The molecule has 3 aromatic rings. The van der Waals surface area contributed by atoms with Crippen molar-refractivity contribution in [2.75, 3.05) is 5.32 Å². The van der Waals surface area contributed by atoms with E-state index >= 15 is 0 Å². The summed E-state index contributed by atoms with van der Waals surface area (Å²) >= 11 is 0. The highest BCUT2D eigenvalue weighted by atomic mass is 16.4. The summed E-state index contributed by atoms with van der Waals surface area (Å²) in [6.07, 6.45) is 0. The Kier molecular flexibility index (Phi) is 3.93. The van der Waals surface area contributed by atoms with Gasteiger partial charge in [0.2, 0.25) is 5.89 Å². The summed E-state index contributed by atoms with van der Waals surface area (Å²) < 4.78 is 5.47. The number of aromatic nitrogens is 2. The van der Waals surface area contributed by atoms with Gasteiger partial charge in [0.05, 0.1) is 0 Å².